The Morgan fingerprint density at radius 3 is 1.53 bits per heavy atom. The summed E-state index contributed by atoms with van der Waals surface area (Å²) in [6.45, 7) is 30.9. The molecule has 4 aliphatic rings. The summed E-state index contributed by atoms with van der Waals surface area (Å²) in [5.41, 5.74) is 25.9. The van der Waals surface area contributed by atoms with Crippen LogP contribution in [0, 0.1) is 0 Å². The molecule has 4 nitrogen and oxygen atoms in total. The lowest BCUT2D eigenvalue weighted by molar-refractivity contribution is 0.172. The van der Waals surface area contributed by atoms with Gasteiger partial charge < -0.3 is 19.3 Å². The minimum Gasteiger partial charge on any atom is -0.486 e. The highest BCUT2D eigenvalue weighted by Crippen LogP contribution is 2.54. The zero-order valence-electron chi connectivity index (χ0n) is 48.2. The summed E-state index contributed by atoms with van der Waals surface area (Å²) in [7, 11) is 0. The summed E-state index contributed by atoms with van der Waals surface area (Å²) >= 11 is 0. The molecule has 0 spiro atoms. The highest BCUT2D eigenvalue weighted by Gasteiger charge is 2.50. The van der Waals surface area contributed by atoms with Crippen LogP contribution in [0.4, 0.5) is 22.7 Å². The van der Waals surface area contributed by atoms with Crippen LogP contribution in [0.5, 0.6) is 11.5 Å². The zero-order chi connectivity index (χ0) is 54.6. The predicted octanol–water partition coefficient (Wildman–Crippen LogP) is 17.7. The maximum absolute atomic E-state index is 6.88. The molecule has 12 rings (SSSR count). The number of hydrogen-bond donors (Lipinski definition) is 0. The number of hydrogen-bond acceptors (Lipinski definition) is 4. The van der Waals surface area contributed by atoms with Crippen molar-refractivity contribution in [1.29, 1.82) is 0 Å². The second-order valence-electron chi connectivity index (χ2n) is 26.6. The second kappa shape index (κ2) is 18.9. The van der Waals surface area contributed by atoms with Gasteiger partial charge in [-0.1, -0.05) is 216 Å². The van der Waals surface area contributed by atoms with E-state index in [1.54, 1.807) is 0 Å². The topological polar surface area (TPSA) is 24.9 Å². The fourth-order valence-corrected chi connectivity index (χ4v) is 12.5. The molecule has 1 unspecified atom stereocenters. The normalized spacial score (nSPS) is 16.1. The van der Waals surface area contributed by atoms with Crippen molar-refractivity contribution in [3.63, 3.8) is 0 Å². The Morgan fingerprint density at radius 2 is 0.962 bits per heavy atom. The van der Waals surface area contributed by atoms with Gasteiger partial charge in [0.15, 0.2) is 11.5 Å². The van der Waals surface area contributed by atoms with Gasteiger partial charge in [-0.2, -0.15) is 0 Å². The molecule has 0 radical (unpaired) electrons. The lowest BCUT2D eigenvalue weighted by Gasteiger charge is -2.51. The minimum absolute atomic E-state index is 0.0379. The molecule has 78 heavy (non-hydrogen) atoms. The van der Waals surface area contributed by atoms with Crippen molar-refractivity contribution >= 4 is 40.4 Å². The van der Waals surface area contributed by atoms with E-state index in [1.807, 2.05) is 0 Å². The van der Waals surface area contributed by atoms with E-state index in [-0.39, 0.29) is 34.4 Å². The van der Waals surface area contributed by atoms with Crippen LogP contribution in [0.3, 0.4) is 0 Å². The van der Waals surface area contributed by atoms with E-state index in [2.05, 4.69) is 276 Å². The number of nitrogens with zero attached hydrogens (tertiary/aromatic N) is 2. The largest absolute Gasteiger partial charge is 0.486 e. The number of anilines is 4. The van der Waals surface area contributed by atoms with Crippen LogP contribution >= 0.6 is 0 Å². The predicted molar refractivity (Wildman–Crippen MR) is 332 cm³/mol. The summed E-state index contributed by atoms with van der Waals surface area (Å²) in [6.07, 6.45) is 3.36. The van der Waals surface area contributed by atoms with Crippen molar-refractivity contribution in [2.75, 3.05) is 23.0 Å². The summed E-state index contributed by atoms with van der Waals surface area (Å²) in [6, 6.07) is 65.0. The van der Waals surface area contributed by atoms with Crippen molar-refractivity contribution in [3.05, 3.63) is 215 Å². The van der Waals surface area contributed by atoms with Crippen LogP contribution < -0.4 is 30.2 Å². The molecular formula is C73H75BN2O2. The molecule has 3 heterocycles. The lowest BCUT2D eigenvalue weighted by Crippen LogP contribution is -2.61. The zero-order valence-corrected chi connectivity index (χ0v) is 48.2. The van der Waals surface area contributed by atoms with Gasteiger partial charge in [0.05, 0.1) is 11.7 Å². The number of benzene rings is 8. The number of allylic oxidation sites excluding steroid dienone is 1. The monoisotopic (exact) mass is 1020 g/mol. The lowest BCUT2D eigenvalue weighted by atomic mass is 9.31. The van der Waals surface area contributed by atoms with E-state index in [1.165, 1.54) is 100 Å². The van der Waals surface area contributed by atoms with E-state index >= 15 is 0 Å². The molecule has 3 aliphatic heterocycles. The van der Waals surface area contributed by atoms with Gasteiger partial charge in [0.2, 0.25) is 6.71 Å². The fourth-order valence-electron chi connectivity index (χ4n) is 12.5. The molecule has 0 aromatic heterocycles. The molecular weight excluding hydrogens is 948 g/mol. The van der Waals surface area contributed by atoms with Gasteiger partial charge in [0.25, 0.3) is 0 Å². The minimum atomic E-state index is -0.0634. The third kappa shape index (κ3) is 9.17. The fraction of sp³-hybridized carbons (Fsp3) is 0.288. The number of rotatable bonds is 6. The van der Waals surface area contributed by atoms with Crippen molar-refractivity contribution in [3.8, 4) is 56.0 Å². The first-order valence-electron chi connectivity index (χ1n) is 28.3. The Hall–Kier alpha value is -7.50. The Morgan fingerprint density at radius 1 is 0.449 bits per heavy atom. The molecule has 1 atom stereocenters. The number of fused-ring (bicyclic) bond motifs is 6. The van der Waals surface area contributed by atoms with E-state index in [4.69, 9.17) is 9.47 Å². The standard InChI is InChI=1S/C73H75BN2O2/c1-46-39-64-67-65(40-46)76(62-35-32-57(73(11,12)13)45-59(62)50-17-15-14-16-18-50)68-61(34-36-66-69(68)78-38-37-77-66)74(67)60-33-25-51(47-19-26-54(27-20-47)70(2,3)4)44-63(60)75(64)58-42-52(48-21-28-55(29-22-48)71(5,6)7)41-53(43-58)49-23-30-56(31-24-49)72(8,9)10/h14-36,39,41-45,65H,37-38,40H2,1-13H3. The van der Waals surface area contributed by atoms with Gasteiger partial charge in [-0.15, -0.1) is 0 Å². The molecule has 392 valence electrons. The van der Waals surface area contributed by atoms with Crippen LogP contribution in [0.1, 0.15) is 119 Å². The van der Waals surface area contributed by atoms with Crippen LogP contribution in [-0.4, -0.2) is 26.0 Å². The van der Waals surface area contributed by atoms with Gasteiger partial charge in [-0.25, -0.2) is 0 Å². The van der Waals surface area contributed by atoms with Gasteiger partial charge in [-0.3, -0.25) is 0 Å². The summed E-state index contributed by atoms with van der Waals surface area (Å²) in [5.74, 6) is 1.63. The van der Waals surface area contributed by atoms with Crippen molar-refractivity contribution in [2.45, 2.75) is 124 Å². The maximum atomic E-state index is 6.88. The van der Waals surface area contributed by atoms with Crippen LogP contribution in [0.15, 0.2) is 193 Å². The molecule has 0 fully saturated rings. The molecule has 8 aromatic carbocycles. The van der Waals surface area contributed by atoms with Crippen molar-refractivity contribution in [1.82, 2.24) is 0 Å². The molecule has 5 heteroatoms. The van der Waals surface area contributed by atoms with E-state index in [9.17, 15) is 0 Å². The average molecular weight is 1020 g/mol. The second-order valence-corrected chi connectivity index (χ2v) is 26.6. The molecule has 0 bridgehead atoms. The van der Waals surface area contributed by atoms with Crippen molar-refractivity contribution in [2.24, 2.45) is 0 Å². The van der Waals surface area contributed by atoms with Gasteiger partial charge in [-0.05, 0) is 161 Å². The van der Waals surface area contributed by atoms with Crippen molar-refractivity contribution < 1.29 is 9.47 Å². The Labute approximate surface area is 465 Å². The third-order valence-electron chi connectivity index (χ3n) is 16.9. The van der Waals surface area contributed by atoms with Crippen LogP contribution in [0.25, 0.3) is 44.5 Å². The third-order valence-corrected chi connectivity index (χ3v) is 16.9. The smallest absolute Gasteiger partial charge is 0.247 e. The van der Waals surface area contributed by atoms with E-state index < -0.39 is 0 Å². The van der Waals surface area contributed by atoms with Gasteiger partial charge in [0.1, 0.15) is 13.2 Å². The summed E-state index contributed by atoms with van der Waals surface area (Å²) < 4.78 is 13.4. The number of ether oxygens (including phenoxy) is 2. The first-order chi connectivity index (χ1) is 37.1. The van der Waals surface area contributed by atoms with Crippen LogP contribution in [-0.2, 0) is 21.7 Å². The Bertz CT molecular complexity index is 3610. The highest BCUT2D eigenvalue weighted by atomic mass is 16.6. The van der Waals surface area contributed by atoms with Gasteiger partial charge in [0, 0.05) is 28.3 Å². The molecule has 8 aromatic rings. The first kappa shape index (κ1) is 51.3. The first-order valence-corrected chi connectivity index (χ1v) is 28.3. The Balaban J connectivity index is 1.16. The average Bonchev–Trinajstić information content (AvgIpc) is 2.81. The molecule has 0 amide bonds. The molecule has 0 N–H and O–H groups in total. The molecule has 1 aliphatic carbocycles. The van der Waals surface area contributed by atoms with Gasteiger partial charge >= 0.3 is 0 Å². The van der Waals surface area contributed by atoms with Crippen LogP contribution in [0.2, 0.25) is 0 Å². The highest BCUT2D eigenvalue weighted by molar-refractivity contribution is 6.94. The SMILES string of the molecule is CC1=CC2=C3B(c4ccc(-c5ccc(C(C)(C)C)cc5)cc4N2c2cc(-c4ccc(C(C)(C)C)cc4)cc(-c4ccc(C(C)(C)C)cc4)c2)c2ccc4c(c2N(c2ccc(C(C)(C)C)cc2-c2ccccc2)C3C1)OCCO4. The summed E-state index contributed by atoms with van der Waals surface area (Å²) in [4.78, 5) is 5.29. The molecule has 0 saturated heterocycles. The molecule has 0 saturated carbocycles. The van der Waals surface area contributed by atoms with E-state index in [0.29, 0.717) is 13.2 Å². The quantitative estimate of drug-likeness (QED) is 0.155. The van der Waals surface area contributed by atoms with E-state index in [0.717, 1.165) is 35.0 Å². The Kier molecular flexibility index (Phi) is 12.4. The summed E-state index contributed by atoms with van der Waals surface area (Å²) in [5, 5.41) is 0. The maximum Gasteiger partial charge on any atom is 0.247 e.